The summed E-state index contributed by atoms with van der Waals surface area (Å²) in [6.45, 7) is 12.6. The first-order valence-corrected chi connectivity index (χ1v) is 14.7. The van der Waals surface area contributed by atoms with Crippen LogP contribution in [0.3, 0.4) is 0 Å². The number of hydrogen-bond acceptors (Lipinski definition) is 0. The van der Waals surface area contributed by atoms with Gasteiger partial charge in [-0.15, -0.1) is 0 Å². The molecule has 0 nitrogen and oxygen atoms in total. The lowest BCUT2D eigenvalue weighted by Gasteiger charge is -2.43. The van der Waals surface area contributed by atoms with Crippen molar-refractivity contribution < 1.29 is 0 Å². The fourth-order valence-corrected chi connectivity index (χ4v) is 17.9. The highest BCUT2D eigenvalue weighted by molar-refractivity contribution is 7.50. The summed E-state index contributed by atoms with van der Waals surface area (Å²) in [5.41, 5.74) is 0. The molecule has 0 radical (unpaired) electrons. The molecule has 2 aromatic carbocycles. The Labute approximate surface area is 132 Å². The highest BCUT2D eigenvalue weighted by Gasteiger charge is 2.47. The van der Waals surface area contributed by atoms with E-state index >= 15 is 0 Å². The molecule has 0 heterocycles. The minimum absolute atomic E-state index is 0.783. The summed E-state index contributed by atoms with van der Waals surface area (Å²) in [5.74, 6) is 0.783. The van der Waals surface area contributed by atoms with Crippen molar-refractivity contribution in [2.24, 2.45) is 5.92 Å². The van der Waals surface area contributed by atoms with E-state index in [1.54, 1.807) is 10.4 Å². The standard InChI is InChI=1S/C19H28Si2/c1-17(2)16-20(3,4)21(5,18-12-8-6-9-13-18)19-14-10-7-11-15-19/h6-15,17H,16H2,1-5H3. The second kappa shape index (κ2) is 6.33. The molecule has 0 spiro atoms. The summed E-state index contributed by atoms with van der Waals surface area (Å²) >= 11 is 0. The highest BCUT2D eigenvalue weighted by Crippen LogP contribution is 2.27. The predicted molar refractivity (Wildman–Crippen MR) is 101 cm³/mol. The molecular formula is C19H28Si2. The SMILES string of the molecule is CC(C)C[Si](C)(C)[Si](C)(c1ccccc1)c1ccccc1. The maximum Gasteiger partial charge on any atom is 0.107 e. The Morgan fingerprint density at radius 2 is 1.10 bits per heavy atom. The third-order valence-corrected chi connectivity index (χ3v) is 23.0. The summed E-state index contributed by atoms with van der Waals surface area (Å²) < 4.78 is 0. The Morgan fingerprint density at radius 1 is 0.714 bits per heavy atom. The average molecular weight is 313 g/mol. The van der Waals surface area contributed by atoms with E-state index < -0.39 is 15.2 Å². The van der Waals surface area contributed by atoms with Crippen LogP contribution in [0, 0.1) is 5.92 Å². The van der Waals surface area contributed by atoms with Crippen LogP contribution in [0.4, 0.5) is 0 Å². The lowest BCUT2D eigenvalue weighted by atomic mass is 10.3. The Balaban J connectivity index is 2.60. The van der Waals surface area contributed by atoms with E-state index in [1.807, 2.05) is 0 Å². The van der Waals surface area contributed by atoms with Gasteiger partial charge in [-0.2, -0.15) is 0 Å². The van der Waals surface area contributed by atoms with Gasteiger partial charge < -0.3 is 0 Å². The van der Waals surface area contributed by atoms with E-state index in [9.17, 15) is 0 Å². The minimum atomic E-state index is -1.65. The molecule has 0 aromatic heterocycles. The first kappa shape index (κ1) is 16.2. The molecule has 0 fully saturated rings. The lowest BCUT2D eigenvalue weighted by molar-refractivity contribution is 0.724. The first-order valence-electron chi connectivity index (χ1n) is 7.99. The maximum absolute atomic E-state index is 2.61. The minimum Gasteiger partial charge on any atom is -0.0707 e. The number of rotatable bonds is 5. The van der Waals surface area contributed by atoms with Crippen molar-refractivity contribution in [3.05, 3.63) is 60.7 Å². The molecule has 0 amide bonds. The van der Waals surface area contributed by atoms with E-state index in [-0.39, 0.29) is 0 Å². The van der Waals surface area contributed by atoms with Gasteiger partial charge in [-0.1, -0.05) is 111 Å². The van der Waals surface area contributed by atoms with E-state index in [0.717, 1.165) is 5.92 Å². The van der Waals surface area contributed by atoms with Crippen molar-refractivity contribution in [1.82, 2.24) is 0 Å². The van der Waals surface area contributed by atoms with Crippen LogP contribution in [-0.2, 0) is 0 Å². The Hall–Kier alpha value is -1.13. The third kappa shape index (κ3) is 3.22. The van der Waals surface area contributed by atoms with Gasteiger partial charge in [0.25, 0.3) is 0 Å². The zero-order chi connectivity index (χ0) is 15.5. The molecule has 0 aliphatic heterocycles. The fraction of sp³-hybridized carbons (Fsp3) is 0.368. The van der Waals surface area contributed by atoms with E-state index in [2.05, 4.69) is 94.2 Å². The van der Waals surface area contributed by atoms with Crippen LogP contribution in [0.1, 0.15) is 13.8 Å². The quantitative estimate of drug-likeness (QED) is 0.721. The molecular weight excluding hydrogens is 284 g/mol. The van der Waals surface area contributed by atoms with Gasteiger partial charge >= 0.3 is 0 Å². The molecule has 2 rings (SSSR count). The van der Waals surface area contributed by atoms with Crippen LogP contribution in [0.25, 0.3) is 0 Å². The molecule has 0 unspecified atom stereocenters. The van der Waals surface area contributed by atoms with Crippen molar-refractivity contribution in [3.8, 4) is 0 Å². The van der Waals surface area contributed by atoms with Gasteiger partial charge in [-0.25, -0.2) is 0 Å². The Bertz CT molecular complexity index is 519. The molecule has 0 aliphatic rings. The summed E-state index contributed by atoms with van der Waals surface area (Å²) in [4.78, 5) is 0. The molecule has 2 aromatic rings. The summed E-state index contributed by atoms with van der Waals surface area (Å²) in [6.07, 6.45) is 0. The van der Waals surface area contributed by atoms with E-state index in [1.165, 1.54) is 6.04 Å². The summed E-state index contributed by atoms with van der Waals surface area (Å²) in [5, 5.41) is 3.21. The van der Waals surface area contributed by atoms with Crippen molar-refractivity contribution in [2.45, 2.75) is 39.5 Å². The molecule has 0 bridgehead atoms. The molecule has 112 valence electrons. The maximum atomic E-state index is 2.61. The van der Waals surface area contributed by atoms with Crippen molar-refractivity contribution in [2.75, 3.05) is 0 Å². The van der Waals surface area contributed by atoms with E-state index in [4.69, 9.17) is 0 Å². The Kier molecular flexibility index (Phi) is 4.89. The molecule has 0 N–H and O–H groups in total. The zero-order valence-corrected chi connectivity index (χ0v) is 16.1. The third-order valence-electron chi connectivity index (χ3n) is 4.97. The van der Waals surface area contributed by atoms with Crippen molar-refractivity contribution in [1.29, 1.82) is 0 Å². The van der Waals surface area contributed by atoms with Crippen LogP contribution >= 0.6 is 0 Å². The van der Waals surface area contributed by atoms with Gasteiger partial charge in [0, 0.05) is 0 Å². The second-order valence-corrected chi connectivity index (χ2v) is 22.0. The smallest absolute Gasteiger partial charge is 0.0707 e. The van der Waals surface area contributed by atoms with Crippen LogP contribution in [0.5, 0.6) is 0 Å². The highest BCUT2D eigenvalue weighted by atomic mass is 29.3. The monoisotopic (exact) mass is 312 g/mol. The lowest BCUT2D eigenvalue weighted by Crippen LogP contribution is -2.72. The Morgan fingerprint density at radius 3 is 1.43 bits per heavy atom. The number of benzene rings is 2. The summed E-state index contributed by atoms with van der Waals surface area (Å²) in [6, 6.07) is 24.0. The van der Waals surface area contributed by atoms with Gasteiger partial charge in [0.15, 0.2) is 0 Å². The summed E-state index contributed by atoms with van der Waals surface area (Å²) in [7, 11) is -3.02. The van der Waals surface area contributed by atoms with Crippen LogP contribution in [-0.4, -0.2) is 15.2 Å². The van der Waals surface area contributed by atoms with Crippen molar-refractivity contribution in [3.63, 3.8) is 0 Å². The largest absolute Gasteiger partial charge is 0.107 e. The van der Waals surface area contributed by atoms with E-state index in [0.29, 0.717) is 0 Å². The second-order valence-electron chi connectivity index (χ2n) is 7.34. The normalized spacial score (nSPS) is 12.7. The van der Waals surface area contributed by atoms with Crippen LogP contribution < -0.4 is 10.4 Å². The van der Waals surface area contributed by atoms with Crippen molar-refractivity contribution >= 4 is 25.6 Å². The first-order chi connectivity index (χ1) is 9.88. The van der Waals surface area contributed by atoms with Gasteiger partial charge in [-0.05, 0) is 5.92 Å². The predicted octanol–water partition coefficient (Wildman–Crippen LogP) is 4.32. The zero-order valence-electron chi connectivity index (χ0n) is 14.1. The molecule has 0 saturated carbocycles. The average Bonchev–Trinajstić information content (AvgIpc) is 2.46. The van der Waals surface area contributed by atoms with Crippen LogP contribution in [0.2, 0.25) is 25.7 Å². The fourth-order valence-electron chi connectivity index (χ4n) is 3.72. The molecule has 0 saturated heterocycles. The van der Waals surface area contributed by atoms with Gasteiger partial charge in [0.05, 0.1) is 7.59 Å². The molecule has 2 heteroatoms. The molecule has 0 atom stereocenters. The van der Waals surface area contributed by atoms with Gasteiger partial charge in [-0.3, -0.25) is 0 Å². The number of hydrogen-bond donors (Lipinski definition) is 0. The van der Waals surface area contributed by atoms with Gasteiger partial charge in [0.2, 0.25) is 0 Å². The topological polar surface area (TPSA) is 0 Å². The molecule has 0 aliphatic carbocycles. The van der Waals surface area contributed by atoms with Gasteiger partial charge in [0.1, 0.15) is 7.59 Å². The van der Waals surface area contributed by atoms with Crippen LogP contribution in [0.15, 0.2) is 60.7 Å². The molecule has 21 heavy (non-hydrogen) atoms.